The molecule has 1 amide bonds. The average Bonchev–Trinajstić information content (AvgIpc) is 2.43. The minimum atomic E-state index is -1.53. The van der Waals surface area contributed by atoms with E-state index in [1.54, 1.807) is 0 Å². The van der Waals surface area contributed by atoms with Crippen molar-refractivity contribution in [2.75, 3.05) is 0 Å². The van der Waals surface area contributed by atoms with Crippen LogP contribution in [0.25, 0.3) is 0 Å². The number of hydrogen-bond acceptors (Lipinski definition) is 5. The summed E-state index contributed by atoms with van der Waals surface area (Å²) in [5.74, 6) is -3.48. The second-order valence-electron chi connectivity index (χ2n) is 4.68. The van der Waals surface area contributed by atoms with Gasteiger partial charge in [0.2, 0.25) is 0 Å². The van der Waals surface area contributed by atoms with Gasteiger partial charge in [-0.25, -0.2) is 0 Å². The highest BCUT2D eigenvalue weighted by molar-refractivity contribution is 5.85. The first-order valence-corrected chi connectivity index (χ1v) is 6.48. The van der Waals surface area contributed by atoms with Gasteiger partial charge >= 0.3 is 0 Å². The fourth-order valence-electron chi connectivity index (χ4n) is 1.79. The number of carbonyl (C=O) groups excluding carboxylic acids is 3. The lowest BCUT2D eigenvalue weighted by Crippen LogP contribution is -2.69. The van der Waals surface area contributed by atoms with Crippen LogP contribution in [0.3, 0.4) is 0 Å². The number of carboxylic acids is 2. The molecule has 1 rings (SSSR count). The molecule has 7 heteroatoms. The van der Waals surface area contributed by atoms with Crippen molar-refractivity contribution in [1.29, 1.82) is 0 Å². The SMILES string of the molecule is [NH3+][C@@H](Cc1ccccc1)C(=O)N[C@@H](CCC(=O)[O-])C(=O)[O-]. The van der Waals surface area contributed by atoms with Crippen LogP contribution in [0.2, 0.25) is 0 Å². The van der Waals surface area contributed by atoms with E-state index in [1.165, 1.54) is 0 Å². The molecule has 114 valence electrons. The molecule has 0 unspecified atom stereocenters. The summed E-state index contributed by atoms with van der Waals surface area (Å²) in [5, 5.41) is 23.4. The van der Waals surface area contributed by atoms with Crippen molar-refractivity contribution >= 4 is 17.8 Å². The molecular weight excluding hydrogens is 276 g/mol. The van der Waals surface area contributed by atoms with E-state index in [4.69, 9.17) is 0 Å². The largest absolute Gasteiger partial charge is 0.550 e. The van der Waals surface area contributed by atoms with Gasteiger partial charge in [-0.3, -0.25) is 4.79 Å². The van der Waals surface area contributed by atoms with Crippen LogP contribution < -0.4 is 21.3 Å². The number of rotatable bonds is 8. The lowest BCUT2D eigenvalue weighted by Gasteiger charge is -2.21. The van der Waals surface area contributed by atoms with E-state index in [-0.39, 0.29) is 6.42 Å². The molecule has 0 spiro atoms. The van der Waals surface area contributed by atoms with Crippen LogP contribution in [-0.4, -0.2) is 29.9 Å². The summed E-state index contributed by atoms with van der Waals surface area (Å²) in [7, 11) is 0. The van der Waals surface area contributed by atoms with Gasteiger partial charge in [0.05, 0.1) is 12.0 Å². The van der Waals surface area contributed by atoms with Gasteiger partial charge in [0.1, 0.15) is 0 Å². The first-order valence-electron chi connectivity index (χ1n) is 6.48. The maximum atomic E-state index is 11.9. The van der Waals surface area contributed by atoms with E-state index in [9.17, 15) is 24.6 Å². The molecule has 21 heavy (non-hydrogen) atoms. The molecule has 2 atom stereocenters. The van der Waals surface area contributed by atoms with Crippen molar-refractivity contribution in [1.82, 2.24) is 5.32 Å². The van der Waals surface area contributed by atoms with E-state index in [2.05, 4.69) is 11.1 Å². The summed E-state index contributed by atoms with van der Waals surface area (Å²) in [5.41, 5.74) is 4.58. The number of nitrogens with one attached hydrogen (secondary N) is 1. The van der Waals surface area contributed by atoms with Crippen LogP contribution in [0.5, 0.6) is 0 Å². The van der Waals surface area contributed by atoms with Crippen molar-refractivity contribution < 1.29 is 30.3 Å². The number of hydrogen-bond donors (Lipinski definition) is 2. The second-order valence-corrected chi connectivity index (χ2v) is 4.68. The molecule has 0 saturated heterocycles. The van der Waals surface area contributed by atoms with E-state index >= 15 is 0 Å². The minimum Gasteiger partial charge on any atom is -0.550 e. The fourth-order valence-corrected chi connectivity index (χ4v) is 1.79. The molecule has 0 heterocycles. The highest BCUT2D eigenvalue weighted by Gasteiger charge is 2.21. The van der Waals surface area contributed by atoms with Crippen LogP contribution in [0, 0.1) is 0 Å². The highest BCUT2D eigenvalue weighted by Crippen LogP contribution is 2.02. The smallest absolute Gasteiger partial charge is 0.279 e. The summed E-state index contributed by atoms with van der Waals surface area (Å²) < 4.78 is 0. The first-order chi connectivity index (χ1) is 9.90. The monoisotopic (exact) mass is 293 g/mol. The van der Waals surface area contributed by atoms with Gasteiger partial charge in [0.25, 0.3) is 5.91 Å². The van der Waals surface area contributed by atoms with Crippen molar-refractivity contribution in [3.8, 4) is 0 Å². The molecule has 0 aromatic heterocycles. The summed E-state index contributed by atoms with van der Waals surface area (Å²) in [6.07, 6.45) is -0.402. The predicted octanol–water partition coefficient (Wildman–Crippen LogP) is -3.40. The molecule has 0 fully saturated rings. The zero-order valence-corrected chi connectivity index (χ0v) is 11.4. The highest BCUT2D eigenvalue weighted by atomic mass is 16.4. The quantitative estimate of drug-likeness (QED) is 0.515. The minimum absolute atomic E-state index is 0.283. The molecule has 4 N–H and O–H groups in total. The second kappa shape index (κ2) is 8.01. The Morgan fingerprint density at radius 3 is 2.29 bits per heavy atom. The Kier molecular flexibility index (Phi) is 6.35. The Balaban J connectivity index is 2.56. The molecule has 0 aliphatic rings. The van der Waals surface area contributed by atoms with Gasteiger partial charge in [-0.15, -0.1) is 0 Å². The van der Waals surface area contributed by atoms with Gasteiger partial charge in [0.15, 0.2) is 6.04 Å². The zero-order valence-electron chi connectivity index (χ0n) is 11.4. The van der Waals surface area contributed by atoms with Crippen LogP contribution >= 0.6 is 0 Å². The molecule has 0 saturated carbocycles. The summed E-state index contributed by atoms with van der Waals surface area (Å²) in [6, 6.07) is 7.10. The number of benzene rings is 1. The summed E-state index contributed by atoms with van der Waals surface area (Å²) >= 11 is 0. The van der Waals surface area contributed by atoms with Crippen molar-refractivity contribution in [2.45, 2.75) is 31.3 Å². The van der Waals surface area contributed by atoms with Gasteiger partial charge < -0.3 is 30.9 Å². The lowest BCUT2D eigenvalue weighted by atomic mass is 10.1. The molecule has 0 radical (unpaired) electrons. The Morgan fingerprint density at radius 2 is 1.76 bits per heavy atom. The molecule has 1 aromatic carbocycles. The van der Waals surface area contributed by atoms with Gasteiger partial charge in [-0.2, -0.15) is 0 Å². The standard InChI is InChI=1S/C14H18N2O5/c15-10(8-9-4-2-1-3-5-9)13(19)16-11(14(20)21)6-7-12(17)18/h1-5,10-11H,6-8,15H2,(H,16,19)(H,17,18)(H,20,21)/p-1/t10-,11-/m0/s1. The number of quaternary nitrogens is 1. The third kappa shape index (κ3) is 6.05. The maximum Gasteiger partial charge on any atom is 0.279 e. The third-order valence-corrected chi connectivity index (χ3v) is 2.93. The van der Waals surface area contributed by atoms with Gasteiger partial charge in [-0.05, 0) is 18.4 Å². The first kappa shape index (κ1) is 16.6. The van der Waals surface area contributed by atoms with E-state index < -0.39 is 36.4 Å². The molecule has 7 nitrogen and oxygen atoms in total. The topological polar surface area (TPSA) is 137 Å². The van der Waals surface area contributed by atoms with Gasteiger partial charge in [-0.1, -0.05) is 30.3 Å². The van der Waals surface area contributed by atoms with Crippen molar-refractivity contribution in [3.63, 3.8) is 0 Å². The zero-order chi connectivity index (χ0) is 15.8. The summed E-state index contributed by atoms with van der Waals surface area (Å²) in [4.78, 5) is 33.1. The van der Waals surface area contributed by atoms with E-state index in [0.717, 1.165) is 5.56 Å². The van der Waals surface area contributed by atoms with Crippen LogP contribution in [0.15, 0.2) is 30.3 Å². The Labute approximate surface area is 121 Å². The number of carbonyl (C=O) groups is 3. The number of carboxylic acid groups (broad SMARTS) is 2. The average molecular weight is 293 g/mol. The van der Waals surface area contributed by atoms with Crippen molar-refractivity contribution in [3.05, 3.63) is 35.9 Å². The Bertz CT molecular complexity index is 503. The third-order valence-electron chi connectivity index (χ3n) is 2.93. The Morgan fingerprint density at radius 1 is 1.14 bits per heavy atom. The van der Waals surface area contributed by atoms with Crippen LogP contribution in [0.1, 0.15) is 18.4 Å². The van der Waals surface area contributed by atoms with Crippen molar-refractivity contribution in [2.24, 2.45) is 0 Å². The van der Waals surface area contributed by atoms with E-state index in [0.29, 0.717) is 6.42 Å². The molecule has 0 bridgehead atoms. The molecular formula is C14H17N2O5-. The normalized spacial score (nSPS) is 13.2. The van der Waals surface area contributed by atoms with Crippen LogP contribution in [-0.2, 0) is 20.8 Å². The molecule has 0 aliphatic heterocycles. The Hall–Kier alpha value is -2.41. The number of amides is 1. The lowest BCUT2D eigenvalue weighted by molar-refractivity contribution is -0.403. The summed E-state index contributed by atoms with van der Waals surface area (Å²) in [6.45, 7) is 0. The predicted molar refractivity (Wildman–Crippen MR) is 68.0 cm³/mol. The van der Waals surface area contributed by atoms with E-state index in [1.807, 2.05) is 30.3 Å². The fraction of sp³-hybridized carbons (Fsp3) is 0.357. The number of aliphatic carboxylic acids is 2. The molecule has 1 aromatic rings. The van der Waals surface area contributed by atoms with Gasteiger partial charge in [0, 0.05) is 12.4 Å². The van der Waals surface area contributed by atoms with Crippen LogP contribution in [0.4, 0.5) is 0 Å². The molecule has 0 aliphatic carbocycles. The maximum absolute atomic E-state index is 11.9.